The molecule has 0 fully saturated rings. The van der Waals surface area contributed by atoms with E-state index in [1.165, 1.54) is 0 Å². The zero-order valence-corrected chi connectivity index (χ0v) is 15.7. The molecule has 2 aromatic carbocycles. The van der Waals surface area contributed by atoms with Crippen molar-refractivity contribution in [3.05, 3.63) is 95.4 Å². The number of benzene rings is 2. The second-order valence-corrected chi connectivity index (χ2v) is 7.06. The molecular weight excluding hydrogens is 352 g/mol. The van der Waals surface area contributed by atoms with Crippen molar-refractivity contribution < 1.29 is 14.0 Å². The van der Waals surface area contributed by atoms with Gasteiger partial charge in [-0.1, -0.05) is 54.6 Å². The Morgan fingerprint density at radius 1 is 1.07 bits per heavy atom. The number of nitrogens with zero attached hydrogens (tertiary/aromatic N) is 2. The molecule has 4 rings (SSSR count). The molecule has 2 amide bonds. The highest BCUT2D eigenvalue weighted by Crippen LogP contribution is 2.33. The summed E-state index contributed by atoms with van der Waals surface area (Å²) in [6.07, 6.45) is 1.91. The molecule has 0 spiro atoms. The summed E-state index contributed by atoms with van der Waals surface area (Å²) in [6.45, 7) is 0.761. The van der Waals surface area contributed by atoms with Crippen LogP contribution < -0.4 is 0 Å². The molecule has 0 radical (unpaired) electrons. The van der Waals surface area contributed by atoms with Gasteiger partial charge in [0.1, 0.15) is 11.8 Å². The molecular formula is C23H22N2O3. The fourth-order valence-corrected chi connectivity index (χ4v) is 3.69. The summed E-state index contributed by atoms with van der Waals surface area (Å²) >= 11 is 0. The van der Waals surface area contributed by atoms with Crippen molar-refractivity contribution >= 4 is 11.8 Å². The summed E-state index contributed by atoms with van der Waals surface area (Å²) in [5.41, 5.74) is 2.82. The van der Waals surface area contributed by atoms with Crippen molar-refractivity contribution in [2.75, 3.05) is 7.05 Å². The molecule has 0 N–H and O–H groups in total. The molecule has 0 saturated carbocycles. The first-order valence-corrected chi connectivity index (χ1v) is 9.32. The van der Waals surface area contributed by atoms with E-state index < -0.39 is 6.04 Å². The molecule has 28 heavy (non-hydrogen) atoms. The van der Waals surface area contributed by atoms with Crippen LogP contribution in [0.4, 0.5) is 0 Å². The van der Waals surface area contributed by atoms with Gasteiger partial charge in [-0.3, -0.25) is 9.59 Å². The number of carbonyl (C=O) groups excluding carboxylic acids is 2. The number of hydrogen-bond acceptors (Lipinski definition) is 3. The quantitative estimate of drug-likeness (QED) is 0.686. The van der Waals surface area contributed by atoms with Gasteiger partial charge >= 0.3 is 0 Å². The number of fused-ring (bicyclic) bond motifs is 1. The van der Waals surface area contributed by atoms with Crippen LogP contribution >= 0.6 is 0 Å². The molecule has 3 aromatic rings. The number of likely N-dealkylation sites (N-methyl/N-ethyl adjacent to an activating group) is 1. The zero-order valence-electron chi connectivity index (χ0n) is 15.7. The van der Waals surface area contributed by atoms with E-state index in [1.807, 2.05) is 60.7 Å². The first kappa shape index (κ1) is 18.0. The van der Waals surface area contributed by atoms with Crippen molar-refractivity contribution in [2.45, 2.75) is 25.6 Å². The van der Waals surface area contributed by atoms with E-state index in [1.54, 1.807) is 29.2 Å². The van der Waals surface area contributed by atoms with Crippen LogP contribution in [0.1, 0.15) is 28.5 Å². The Hall–Kier alpha value is -3.34. The van der Waals surface area contributed by atoms with Gasteiger partial charge in [0.25, 0.3) is 0 Å². The summed E-state index contributed by atoms with van der Waals surface area (Å²) in [5.74, 6) is 0.556. The predicted molar refractivity (Wildman–Crippen MR) is 105 cm³/mol. The van der Waals surface area contributed by atoms with Gasteiger partial charge in [0.15, 0.2) is 0 Å². The van der Waals surface area contributed by atoms with Gasteiger partial charge in [-0.2, -0.15) is 0 Å². The molecule has 5 nitrogen and oxygen atoms in total. The van der Waals surface area contributed by atoms with Crippen molar-refractivity contribution in [3.63, 3.8) is 0 Å². The van der Waals surface area contributed by atoms with Crippen molar-refractivity contribution in [2.24, 2.45) is 0 Å². The number of hydrogen-bond donors (Lipinski definition) is 0. The van der Waals surface area contributed by atoms with Crippen LogP contribution in [0.2, 0.25) is 0 Å². The molecule has 0 bridgehead atoms. The first-order valence-electron chi connectivity index (χ1n) is 9.32. The molecule has 142 valence electrons. The largest absolute Gasteiger partial charge is 0.467 e. The Labute approximate surface area is 164 Å². The standard InChI is InChI=1S/C23H22N2O3/c1-24(16-19-11-7-13-28-19)23(27)22-20-12-6-5-10-18(20)14-21(26)25(22)15-17-8-3-2-4-9-17/h2-13,22H,14-16H2,1H3/t22-/m0/s1. The van der Waals surface area contributed by atoms with Gasteiger partial charge in [0.05, 0.1) is 19.2 Å². The van der Waals surface area contributed by atoms with Gasteiger partial charge in [0, 0.05) is 13.6 Å². The molecule has 0 saturated heterocycles. The Balaban J connectivity index is 1.67. The van der Waals surface area contributed by atoms with Crippen LogP contribution in [0.15, 0.2) is 77.4 Å². The van der Waals surface area contributed by atoms with Gasteiger partial charge in [-0.15, -0.1) is 0 Å². The third kappa shape index (κ3) is 3.56. The highest BCUT2D eigenvalue weighted by atomic mass is 16.3. The molecule has 5 heteroatoms. The topological polar surface area (TPSA) is 53.8 Å². The van der Waals surface area contributed by atoms with Crippen LogP contribution in [-0.4, -0.2) is 28.7 Å². The van der Waals surface area contributed by atoms with Gasteiger partial charge in [-0.05, 0) is 28.8 Å². The van der Waals surface area contributed by atoms with Crippen LogP contribution in [0.3, 0.4) is 0 Å². The predicted octanol–water partition coefficient (Wildman–Crippen LogP) is 3.56. The Kier molecular flexibility index (Phi) is 4.98. The molecule has 2 heterocycles. The van der Waals surface area contributed by atoms with E-state index in [9.17, 15) is 9.59 Å². The third-order valence-corrected chi connectivity index (χ3v) is 5.10. The van der Waals surface area contributed by atoms with Crippen LogP contribution in [0.25, 0.3) is 0 Å². The summed E-state index contributed by atoms with van der Waals surface area (Å²) in [7, 11) is 1.74. The Morgan fingerprint density at radius 2 is 1.82 bits per heavy atom. The lowest BCUT2D eigenvalue weighted by atomic mass is 9.90. The van der Waals surface area contributed by atoms with Crippen LogP contribution in [0.5, 0.6) is 0 Å². The second-order valence-electron chi connectivity index (χ2n) is 7.06. The molecule has 0 unspecified atom stereocenters. The Morgan fingerprint density at radius 3 is 2.57 bits per heavy atom. The van der Waals surface area contributed by atoms with E-state index in [4.69, 9.17) is 4.42 Å². The summed E-state index contributed by atoms with van der Waals surface area (Å²) < 4.78 is 5.38. The monoisotopic (exact) mass is 374 g/mol. The maximum atomic E-state index is 13.4. The molecule has 1 aliphatic rings. The van der Waals surface area contributed by atoms with Gasteiger partial charge in [-0.25, -0.2) is 0 Å². The van der Waals surface area contributed by atoms with Crippen molar-refractivity contribution in [1.82, 2.24) is 9.80 Å². The normalized spacial score (nSPS) is 16.0. The van der Waals surface area contributed by atoms with E-state index >= 15 is 0 Å². The van der Waals surface area contributed by atoms with Gasteiger partial charge < -0.3 is 14.2 Å². The van der Waals surface area contributed by atoms with Crippen LogP contribution in [-0.2, 0) is 29.1 Å². The zero-order chi connectivity index (χ0) is 19.5. The van der Waals surface area contributed by atoms with E-state index in [2.05, 4.69) is 0 Å². The fourth-order valence-electron chi connectivity index (χ4n) is 3.69. The second kappa shape index (κ2) is 7.72. The molecule has 1 aromatic heterocycles. The number of furan rings is 1. The lowest BCUT2D eigenvalue weighted by Gasteiger charge is -2.38. The van der Waals surface area contributed by atoms with Crippen molar-refractivity contribution in [1.29, 1.82) is 0 Å². The van der Waals surface area contributed by atoms with E-state index in [0.29, 0.717) is 25.3 Å². The number of rotatable bonds is 5. The van der Waals surface area contributed by atoms with Crippen LogP contribution in [0, 0.1) is 0 Å². The first-order chi connectivity index (χ1) is 13.6. The molecule has 1 atom stereocenters. The number of carbonyl (C=O) groups is 2. The lowest BCUT2D eigenvalue weighted by Crippen LogP contribution is -2.47. The summed E-state index contributed by atoms with van der Waals surface area (Å²) in [5, 5.41) is 0. The molecule has 0 aliphatic carbocycles. The minimum Gasteiger partial charge on any atom is -0.467 e. The minimum absolute atomic E-state index is 0.0349. The average Bonchev–Trinajstić information content (AvgIpc) is 3.22. The maximum absolute atomic E-state index is 13.4. The highest BCUT2D eigenvalue weighted by molar-refractivity contribution is 5.92. The SMILES string of the molecule is CN(Cc1ccco1)C(=O)[C@@H]1c2ccccc2CC(=O)N1Cc1ccccc1. The highest BCUT2D eigenvalue weighted by Gasteiger charge is 2.38. The number of amides is 2. The fraction of sp³-hybridized carbons (Fsp3) is 0.217. The minimum atomic E-state index is -0.641. The van der Waals surface area contributed by atoms with Gasteiger partial charge in [0.2, 0.25) is 11.8 Å². The Bertz CT molecular complexity index is 967. The maximum Gasteiger partial charge on any atom is 0.250 e. The molecule has 1 aliphatic heterocycles. The summed E-state index contributed by atoms with van der Waals surface area (Å²) in [4.78, 5) is 29.7. The lowest BCUT2D eigenvalue weighted by molar-refractivity contribution is -0.147. The van der Waals surface area contributed by atoms with E-state index in [0.717, 1.165) is 16.7 Å². The third-order valence-electron chi connectivity index (χ3n) is 5.10. The van der Waals surface area contributed by atoms with Crippen molar-refractivity contribution in [3.8, 4) is 0 Å². The smallest absolute Gasteiger partial charge is 0.250 e. The summed E-state index contributed by atoms with van der Waals surface area (Å²) in [6, 6.07) is 20.5. The van der Waals surface area contributed by atoms with E-state index in [-0.39, 0.29) is 11.8 Å². The average molecular weight is 374 g/mol.